The van der Waals surface area contributed by atoms with Gasteiger partial charge in [-0.05, 0) is 87.0 Å². The maximum absolute atomic E-state index is 2.53. The van der Waals surface area contributed by atoms with Gasteiger partial charge in [0.05, 0.1) is 6.04 Å². The zero-order chi connectivity index (χ0) is 31.9. The normalized spacial score (nSPS) is 14.4. The highest BCUT2D eigenvalue weighted by molar-refractivity contribution is 7.25. The van der Waals surface area contributed by atoms with Gasteiger partial charge < -0.3 is 4.90 Å². The molecule has 0 saturated carbocycles. The molecule has 0 bridgehead atoms. The molecule has 0 spiro atoms. The number of anilines is 2. The van der Waals surface area contributed by atoms with Crippen molar-refractivity contribution >= 4 is 59.2 Å². The maximum atomic E-state index is 2.53. The van der Waals surface area contributed by atoms with Gasteiger partial charge in [-0.15, -0.1) is 11.3 Å². The molecule has 1 aliphatic carbocycles. The average molecular weight is 632 g/mol. The number of hydrogen-bond acceptors (Lipinski definition) is 2. The van der Waals surface area contributed by atoms with E-state index < -0.39 is 0 Å². The first kappa shape index (κ1) is 28.5. The Kier molecular flexibility index (Phi) is 7.22. The summed E-state index contributed by atoms with van der Waals surface area (Å²) in [7, 11) is 0. The molecular formula is C46H33NS. The largest absolute Gasteiger partial charge is 0.334 e. The molecule has 0 aliphatic heterocycles. The van der Waals surface area contributed by atoms with Gasteiger partial charge in [-0.2, -0.15) is 0 Å². The van der Waals surface area contributed by atoms with Crippen molar-refractivity contribution in [2.75, 3.05) is 4.90 Å². The molecule has 1 nitrogen and oxygen atoms in total. The van der Waals surface area contributed by atoms with Crippen LogP contribution in [0.25, 0.3) is 58.8 Å². The highest BCUT2D eigenvalue weighted by Gasteiger charge is 2.24. The van der Waals surface area contributed by atoms with E-state index in [4.69, 9.17) is 0 Å². The molecule has 228 valence electrons. The maximum Gasteiger partial charge on any atom is 0.0565 e. The Balaban J connectivity index is 1.15. The highest BCUT2D eigenvalue weighted by Crippen LogP contribution is 2.42. The average Bonchev–Trinajstić information content (AvgIpc) is 3.55. The van der Waals surface area contributed by atoms with E-state index in [1.54, 1.807) is 0 Å². The summed E-state index contributed by atoms with van der Waals surface area (Å²) in [5.41, 5.74) is 10.00. The van der Waals surface area contributed by atoms with Gasteiger partial charge >= 0.3 is 0 Å². The van der Waals surface area contributed by atoms with Gasteiger partial charge in [-0.1, -0.05) is 146 Å². The second-order valence-corrected chi connectivity index (χ2v) is 13.6. The minimum absolute atomic E-state index is 0.135. The minimum atomic E-state index is 0.135. The lowest BCUT2D eigenvalue weighted by Gasteiger charge is -2.34. The Bertz CT molecular complexity index is 2480. The third-order valence-electron chi connectivity index (χ3n) is 9.62. The lowest BCUT2D eigenvalue weighted by atomic mass is 9.90. The van der Waals surface area contributed by atoms with Crippen molar-refractivity contribution in [3.8, 4) is 22.3 Å². The monoisotopic (exact) mass is 631 g/mol. The van der Waals surface area contributed by atoms with Crippen LogP contribution in [0.15, 0.2) is 182 Å². The van der Waals surface area contributed by atoms with Gasteiger partial charge in [0.1, 0.15) is 0 Å². The summed E-state index contributed by atoms with van der Waals surface area (Å²) < 4.78 is 2.69. The van der Waals surface area contributed by atoms with E-state index in [2.05, 4.69) is 187 Å². The van der Waals surface area contributed by atoms with E-state index in [1.807, 2.05) is 11.3 Å². The molecule has 7 aromatic carbocycles. The smallest absolute Gasteiger partial charge is 0.0565 e. The zero-order valence-corrected chi connectivity index (χ0v) is 27.3. The lowest BCUT2D eigenvalue weighted by Crippen LogP contribution is -2.30. The van der Waals surface area contributed by atoms with E-state index in [1.165, 1.54) is 75.7 Å². The fourth-order valence-electron chi connectivity index (χ4n) is 7.36. The topological polar surface area (TPSA) is 3.24 Å². The molecule has 2 heteroatoms. The number of rotatable bonds is 6. The van der Waals surface area contributed by atoms with Crippen LogP contribution in [-0.2, 0) is 0 Å². The standard InChI is InChI=1S/C46H33NS/c1-2-12-32(13-3-1)33-26-28-37(29-27-33)47(38-18-8-16-35(30-38)41-22-10-15-34-14-4-5-20-40(34)41)39-19-9-17-36(31-39)42-23-11-25-45-46(42)43-21-6-7-24-44(43)48-45/h1-30,39H,31H2. The number of hydrogen-bond donors (Lipinski definition) is 0. The summed E-state index contributed by atoms with van der Waals surface area (Å²) >= 11 is 1.88. The molecule has 1 aromatic heterocycles. The van der Waals surface area contributed by atoms with Crippen LogP contribution in [0.1, 0.15) is 12.0 Å². The van der Waals surface area contributed by atoms with Crippen LogP contribution in [0.4, 0.5) is 11.4 Å². The van der Waals surface area contributed by atoms with Crippen molar-refractivity contribution in [2.45, 2.75) is 12.5 Å². The molecule has 1 aliphatic rings. The van der Waals surface area contributed by atoms with E-state index in [0.717, 1.165) is 6.42 Å². The molecule has 9 rings (SSSR count). The first-order valence-electron chi connectivity index (χ1n) is 16.6. The Morgan fingerprint density at radius 2 is 1.17 bits per heavy atom. The SMILES string of the molecule is C1=CC(N(c2ccc(-c3ccccc3)cc2)c2cccc(-c3cccc4ccccc34)c2)CC(c2cccc3sc4ccccc4c23)=C1. The third kappa shape index (κ3) is 5.12. The van der Waals surface area contributed by atoms with Crippen LogP contribution >= 0.6 is 11.3 Å². The number of allylic oxidation sites excluding steroid dienone is 2. The van der Waals surface area contributed by atoms with E-state index >= 15 is 0 Å². The van der Waals surface area contributed by atoms with Crippen LogP contribution in [0.5, 0.6) is 0 Å². The fourth-order valence-corrected chi connectivity index (χ4v) is 8.49. The Labute approximate surface area is 285 Å². The molecule has 0 radical (unpaired) electrons. The minimum Gasteiger partial charge on any atom is -0.334 e. The Morgan fingerprint density at radius 3 is 2.06 bits per heavy atom. The summed E-state index contributed by atoms with van der Waals surface area (Å²) in [5.74, 6) is 0. The van der Waals surface area contributed by atoms with Crippen LogP contribution in [0, 0.1) is 0 Å². The van der Waals surface area contributed by atoms with Crippen molar-refractivity contribution in [3.63, 3.8) is 0 Å². The van der Waals surface area contributed by atoms with Crippen molar-refractivity contribution in [2.24, 2.45) is 0 Å². The quantitative estimate of drug-likeness (QED) is 0.176. The molecule has 1 unspecified atom stereocenters. The van der Waals surface area contributed by atoms with Gasteiger partial charge in [0, 0.05) is 31.5 Å². The van der Waals surface area contributed by atoms with Gasteiger partial charge in [-0.3, -0.25) is 0 Å². The fraction of sp³-hybridized carbons (Fsp3) is 0.0435. The Hall–Kier alpha value is -5.70. The van der Waals surface area contributed by atoms with E-state index in [-0.39, 0.29) is 6.04 Å². The summed E-state index contributed by atoms with van der Waals surface area (Å²) in [4.78, 5) is 2.53. The second-order valence-electron chi connectivity index (χ2n) is 12.5. The first-order chi connectivity index (χ1) is 23.8. The van der Waals surface area contributed by atoms with Gasteiger partial charge in [-0.25, -0.2) is 0 Å². The number of nitrogens with zero attached hydrogens (tertiary/aromatic N) is 1. The van der Waals surface area contributed by atoms with Crippen LogP contribution in [0.2, 0.25) is 0 Å². The number of thiophene rings is 1. The van der Waals surface area contributed by atoms with Crippen LogP contribution < -0.4 is 4.90 Å². The molecule has 1 heterocycles. The number of benzene rings is 7. The molecule has 48 heavy (non-hydrogen) atoms. The van der Waals surface area contributed by atoms with Gasteiger partial charge in [0.2, 0.25) is 0 Å². The predicted octanol–water partition coefficient (Wildman–Crippen LogP) is 13.1. The summed E-state index contributed by atoms with van der Waals surface area (Å²) in [6, 6.07) is 59.8. The van der Waals surface area contributed by atoms with Gasteiger partial charge in [0.15, 0.2) is 0 Å². The van der Waals surface area contributed by atoms with Crippen LogP contribution in [-0.4, -0.2) is 6.04 Å². The second kappa shape index (κ2) is 12.2. The molecule has 0 N–H and O–H groups in total. The molecule has 8 aromatic rings. The van der Waals surface area contributed by atoms with Crippen molar-refractivity contribution < 1.29 is 0 Å². The highest BCUT2D eigenvalue weighted by atomic mass is 32.1. The zero-order valence-electron chi connectivity index (χ0n) is 26.5. The summed E-state index contributed by atoms with van der Waals surface area (Å²) in [6.45, 7) is 0. The molecular weight excluding hydrogens is 599 g/mol. The van der Waals surface area contributed by atoms with Crippen molar-refractivity contribution in [1.29, 1.82) is 0 Å². The lowest BCUT2D eigenvalue weighted by molar-refractivity contribution is 0.796. The van der Waals surface area contributed by atoms with E-state index in [9.17, 15) is 0 Å². The molecule has 0 saturated heterocycles. The first-order valence-corrected chi connectivity index (χ1v) is 17.4. The molecule has 0 fully saturated rings. The molecule has 0 amide bonds. The Morgan fingerprint density at radius 1 is 0.500 bits per heavy atom. The predicted molar refractivity (Wildman–Crippen MR) is 208 cm³/mol. The summed E-state index contributed by atoms with van der Waals surface area (Å²) in [5, 5.41) is 5.25. The van der Waals surface area contributed by atoms with Gasteiger partial charge in [0.25, 0.3) is 0 Å². The van der Waals surface area contributed by atoms with Crippen molar-refractivity contribution in [1.82, 2.24) is 0 Å². The number of fused-ring (bicyclic) bond motifs is 4. The summed E-state index contributed by atoms with van der Waals surface area (Å²) in [6.07, 6.45) is 7.85. The van der Waals surface area contributed by atoms with E-state index in [0.29, 0.717) is 0 Å². The van der Waals surface area contributed by atoms with Crippen LogP contribution in [0.3, 0.4) is 0 Å². The van der Waals surface area contributed by atoms with Crippen molar-refractivity contribution in [3.05, 3.63) is 188 Å². The molecule has 1 atom stereocenters. The third-order valence-corrected chi connectivity index (χ3v) is 10.8.